The molecule has 1 amide bonds. The number of carbonyl (C=O) groups excluding carboxylic acids is 1. The fourth-order valence-electron chi connectivity index (χ4n) is 2.74. The zero-order chi connectivity index (χ0) is 15.7. The van der Waals surface area contributed by atoms with Gasteiger partial charge in [0.15, 0.2) is 0 Å². The van der Waals surface area contributed by atoms with Crippen molar-refractivity contribution in [1.82, 2.24) is 18.4 Å². The number of nitrogens with zero attached hydrogens (tertiary/aromatic N) is 3. The lowest BCUT2D eigenvalue weighted by Crippen LogP contribution is -2.51. The van der Waals surface area contributed by atoms with E-state index in [-0.39, 0.29) is 10.8 Å². The fourth-order valence-corrected chi connectivity index (χ4v) is 5.15. The van der Waals surface area contributed by atoms with E-state index in [4.69, 9.17) is 0 Å². The zero-order valence-electron chi connectivity index (χ0n) is 12.0. The second-order valence-electron chi connectivity index (χ2n) is 5.13. The van der Waals surface area contributed by atoms with Gasteiger partial charge in [0.2, 0.25) is 15.9 Å². The van der Waals surface area contributed by atoms with Crippen LogP contribution in [-0.2, 0) is 14.8 Å². The fraction of sp³-hybridized carbons (Fsp3) is 0.462. The summed E-state index contributed by atoms with van der Waals surface area (Å²) >= 11 is 0.979. The van der Waals surface area contributed by atoms with Crippen molar-refractivity contribution in [2.24, 2.45) is 0 Å². The Hall–Kier alpha value is -1.58. The molecule has 7 nitrogen and oxygen atoms in total. The van der Waals surface area contributed by atoms with E-state index in [2.05, 4.69) is 14.1 Å². The van der Waals surface area contributed by atoms with Gasteiger partial charge in [-0.2, -0.15) is 13.1 Å². The number of fused-ring (bicyclic) bond motifs is 1. The highest BCUT2D eigenvalue weighted by Gasteiger charge is 2.38. The first-order valence-electron chi connectivity index (χ1n) is 7.00. The van der Waals surface area contributed by atoms with Crippen LogP contribution in [0, 0.1) is 0 Å². The quantitative estimate of drug-likeness (QED) is 0.899. The van der Waals surface area contributed by atoms with Gasteiger partial charge in [-0.05, 0) is 25.0 Å². The SMILES string of the molecule is CNC(=O)[C@@H]1CCCCN1S(=O)(=O)c1cccc2nsnc12. The maximum absolute atomic E-state index is 13.0. The van der Waals surface area contributed by atoms with Crippen molar-refractivity contribution in [3.8, 4) is 0 Å². The van der Waals surface area contributed by atoms with Gasteiger partial charge >= 0.3 is 0 Å². The van der Waals surface area contributed by atoms with E-state index in [1.165, 1.54) is 17.4 Å². The van der Waals surface area contributed by atoms with Gasteiger partial charge in [-0.3, -0.25) is 4.79 Å². The molecule has 22 heavy (non-hydrogen) atoms. The van der Waals surface area contributed by atoms with Gasteiger partial charge in [-0.15, -0.1) is 0 Å². The van der Waals surface area contributed by atoms with Gasteiger partial charge in [-0.1, -0.05) is 12.5 Å². The maximum Gasteiger partial charge on any atom is 0.246 e. The summed E-state index contributed by atoms with van der Waals surface area (Å²) in [6.07, 6.45) is 2.12. The Kier molecular flexibility index (Phi) is 4.11. The summed E-state index contributed by atoms with van der Waals surface area (Å²) in [4.78, 5) is 12.1. The van der Waals surface area contributed by atoms with Crippen LogP contribution in [-0.4, -0.2) is 47.0 Å². The van der Waals surface area contributed by atoms with Crippen molar-refractivity contribution >= 4 is 38.7 Å². The third-order valence-electron chi connectivity index (χ3n) is 3.84. The lowest BCUT2D eigenvalue weighted by atomic mass is 10.0. The number of aromatic nitrogens is 2. The van der Waals surface area contributed by atoms with E-state index < -0.39 is 16.1 Å². The van der Waals surface area contributed by atoms with E-state index in [1.54, 1.807) is 12.1 Å². The first kappa shape index (κ1) is 15.3. The predicted octanol–water partition coefficient (Wildman–Crippen LogP) is 0.980. The van der Waals surface area contributed by atoms with Crippen LogP contribution in [0.2, 0.25) is 0 Å². The summed E-state index contributed by atoms with van der Waals surface area (Å²) in [6, 6.07) is 4.24. The molecule has 2 aromatic rings. The third kappa shape index (κ3) is 2.49. The molecule has 2 heterocycles. The van der Waals surface area contributed by atoms with E-state index in [1.807, 2.05) is 0 Å². The molecule has 9 heteroatoms. The molecule has 0 radical (unpaired) electrons. The van der Waals surface area contributed by atoms with Gasteiger partial charge < -0.3 is 5.32 Å². The Balaban J connectivity index is 2.08. The van der Waals surface area contributed by atoms with Crippen LogP contribution in [0.25, 0.3) is 11.0 Å². The van der Waals surface area contributed by atoms with Crippen molar-refractivity contribution in [3.63, 3.8) is 0 Å². The molecular formula is C13H16N4O3S2. The lowest BCUT2D eigenvalue weighted by Gasteiger charge is -2.33. The molecule has 1 aromatic heterocycles. The van der Waals surface area contributed by atoms with E-state index >= 15 is 0 Å². The molecule has 1 aliphatic heterocycles. The summed E-state index contributed by atoms with van der Waals surface area (Å²) in [5, 5.41) is 2.55. The number of nitrogens with one attached hydrogen (secondary N) is 1. The minimum absolute atomic E-state index is 0.120. The van der Waals surface area contributed by atoms with Gasteiger partial charge in [0.25, 0.3) is 0 Å². The van der Waals surface area contributed by atoms with Crippen LogP contribution in [0.1, 0.15) is 19.3 Å². The smallest absolute Gasteiger partial charge is 0.246 e. The Morgan fingerprint density at radius 3 is 2.95 bits per heavy atom. The van der Waals surface area contributed by atoms with Crippen LogP contribution >= 0.6 is 11.7 Å². The molecule has 0 aliphatic carbocycles. The number of hydrogen-bond acceptors (Lipinski definition) is 6. The molecule has 1 aromatic carbocycles. The molecule has 0 bridgehead atoms. The number of piperidine rings is 1. The Morgan fingerprint density at radius 1 is 1.36 bits per heavy atom. The summed E-state index contributed by atoms with van der Waals surface area (Å²) in [6.45, 7) is 0.342. The molecule has 1 atom stereocenters. The summed E-state index contributed by atoms with van der Waals surface area (Å²) in [5.74, 6) is -0.271. The highest BCUT2D eigenvalue weighted by Crippen LogP contribution is 2.29. The number of hydrogen-bond donors (Lipinski definition) is 1. The standard InChI is InChI=1S/C13H16N4O3S2/c1-14-13(18)10-6-2-3-8-17(10)22(19,20)11-7-4-5-9-12(11)16-21-15-9/h4-5,7,10H,2-3,6,8H2,1H3,(H,14,18)/t10-/m0/s1. The highest BCUT2D eigenvalue weighted by atomic mass is 32.2. The Morgan fingerprint density at radius 2 is 2.18 bits per heavy atom. The summed E-state index contributed by atoms with van der Waals surface area (Å²) < 4.78 is 35.5. The normalized spacial score (nSPS) is 20.1. The van der Waals surface area contributed by atoms with Crippen LogP contribution in [0.5, 0.6) is 0 Å². The summed E-state index contributed by atoms with van der Waals surface area (Å²) in [7, 11) is -2.27. The van der Waals surface area contributed by atoms with Crippen molar-refractivity contribution in [2.45, 2.75) is 30.2 Å². The van der Waals surface area contributed by atoms with Crippen LogP contribution < -0.4 is 5.32 Å². The molecular weight excluding hydrogens is 324 g/mol. The molecule has 1 aliphatic rings. The molecule has 0 saturated carbocycles. The lowest BCUT2D eigenvalue weighted by molar-refractivity contribution is -0.125. The number of rotatable bonds is 3. The van der Waals surface area contributed by atoms with Crippen molar-refractivity contribution in [3.05, 3.63) is 18.2 Å². The minimum Gasteiger partial charge on any atom is -0.358 e. The average Bonchev–Trinajstić information content (AvgIpc) is 3.02. The van der Waals surface area contributed by atoms with Crippen molar-refractivity contribution < 1.29 is 13.2 Å². The first-order chi connectivity index (χ1) is 10.6. The third-order valence-corrected chi connectivity index (χ3v) is 6.32. The van der Waals surface area contributed by atoms with Crippen molar-refractivity contribution in [2.75, 3.05) is 13.6 Å². The second-order valence-corrected chi connectivity index (χ2v) is 7.52. The molecule has 0 spiro atoms. The molecule has 1 saturated heterocycles. The van der Waals surface area contributed by atoms with Gasteiger partial charge in [0.05, 0.1) is 11.7 Å². The van der Waals surface area contributed by atoms with Gasteiger partial charge in [-0.25, -0.2) is 8.42 Å². The topological polar surface area (TPSA) is 92.3 Å². The minimum atomic E-state index is -3.79. The molecule has 1 N–H and O–H groups in total. The summed E-state index contributed by atoms with van der Waals surface area (Å²) in [5.41, 5.74) is 0.924. The molecule has 118 valence electrons. The number of likely N-dealkylation sites (N-methyl/N-ethyl adjacent to an activating group) is 1. The maximum atomic E-state index is 13.0. The van der Waals surface area contributed by atoms with E-state index in [0.717, 1.165) is 24.6 Å². The predicted molar refractivity (Wildman–Crippen MR) is 83.0 cm³/mol. The van der Waals surface area contributed by atoms with Crippen molar-refractivity contribution in [1.29, 1.82) is 0 Å². The largest absolute Gasteiger partial charge is 0.358 e. The van der Waals surface area contributed by atoms with Gasteiger partial charge in [0.1, 0.15) is 22.0 Å². The van der Waals surface area contributed by atoms with Gasteiger partial charge in [0, 0.05) is 13.6 Å². The first-order valence-corrected chi connectivity index (χ1v) is 9.17. The number of amides is 1. The monoisotopic (exact) mass is 340 g/mol. The highest BCUT2D eigenvalue weighted by molar-refractivity contribution is 7.89. The van der Waals surface area contributed by atoms with Crippen LogP contribution in [0.15, 0.2) is 23.1 Å². The number of benzene rings is 1. The number of sulfonamides is 1. The zero-order valence-corrected chi connectivity index (χ0v) is 13.7. The Labute approximate surface area is 132 Å². The molecule has 3 rings (SSSR count). The van der Waals surface area contributed by atoms with E-state index in [9.17, 15) is 13.2 Å². The molecule has 1 fully saturated rings. The Bertz CT molecular complexity index is 802. The van der Waals surface area contributed by atoms with Crippen LogP contribution in [0.4, 0.5) is 0 Å². The van der Waals surface area contributed by atoms with E-state index in [0.29, 0.717) is 24.0 Å². The van der Waals surface area contributed by atoms with Crippen LogP contribution in [0.3, 0.4) is 0 Å². The number of carbonyl (C=O) groups is 1. The average molecular weight is 340 g/mol. The second kappa shape index (κ2) is 5.90. The molecule has 0 unspecified atom stereocenters.